The molecule has 0 saturated carbocycles. The predicted octanol–water partition coefficient (Wildman–Crippen LogP) is 3.97. The van der Waals surface area contributed by atoms with Crippen LogP contribution in [-0.2, 0) is 11.2 Å². The van der Waals surface area contributed by atoms with Gasteiger partial charge < -0.3 is 9.64 Å². The smallest absolute Gasteiger partial charge is 0.264 e. The third kappa shape index (κ3) is 3.01. The first kappa shape index (κ1) is 16.1. The summed E-state index contributed by atoms with van der Waals surface area (Å²) in [5.41, 5.74) is 3.37. The van der Waals surface area contributed by atoms with E-state index in [1.807, 2.05) is 24.3 Å². The van der Waals surface area contributed by atoms with Crippen LogP contribution in [0, 0.1) is 13.8 Å². The number of hydrogen-bond acceptors (Lipinski definition) is 3. The summed E-state index contributed by atoms with van der Waals surface area (Å²) < 4.78 is 5.62. The fraction of sp³-hybridized carbons (Fsp3) is 0.294. The topological polar surface area (TPSA) is 42.4 Å². The first-order valence-electron chi connectivity index (χ1n) is 7.32. The van der Waals surface area contributed by atoms with Gasteiger partial charge in [0, 0.05) is 12.2 Å². The van der Waals surface area contributed by atoms with Crippen molar-refractivity contribution in [3.8, 4) is 5.75 Å². The molecule has 0 unspecified atom stereocenters. The second kappa shape index (κ2) is 6.38. The zero-order valence-electron chi connectivity index (χ0n) is 12.9. The minimum absolute atomic E-state index is 0.114. The second-order valence-corrected chi connectivity index (χ2v) is 6.21. The summed E-state index contributed by atoms with van der Waals surface area (Å²) in [6.07, 6.45) is 0.858. The molecular weight excluding hydrogens is 335 g/mol. The van der Waals surface area contributed by atoms with Gasteiger partial charge in [-0.1, -0.05) is 41.4 Å². The van der Waals surface area contributed by atoms with Crippen molar-refractivity contribution in [2.75, 3.05) is 18.1 Å². The first-order chi connectivity index (χ1) is 11.0. The number of halogens is 2. The van der Waals surface area contributed by atoms with E-state index in [2.05, 4.69) is 4.98 Å². The quantitative estimate of drug-likeness (QED) is 0.840. The third-order valence-corrected chi connectivity index (χ3v) is 4.79. The molecule has 0 spiro atoms. The zero-order chi connectivity index (χ0) is 16.6. The molecule has 2 aromatic rings. The van der Waals surface area contributed by atoms with Crippen LogP contribution in [0.2, 0.25) is 10.0 Å². The number of pyridine rings is 1. The molecule has 120 valence electrons. The third-order valence-electron chi connectivity index (χ3n) is 3.90. The number of aryl methyl sites for hydroxylation is 2. The van der Waals surface area contributed by atoms with Crippen molar-refractivity contribution < 1.29 is 9.53 Å². The van der Waals surface area contributed by atoms with Crippen LogP contribution in [0.3, 0.4) is 0 Å². The lowest BCUT2D eigenvalue weighted by Gasteiger charge is -2.18. The average molecular weight is 351 g/mol. The molecule has 1 aromatic carbocycles. The lowest BCUT2D eigenvalue weighted by molar-refractivity contribution is -0.120. The molecule has 0 saturated heterocycles. The van der Waals surface area contributed by atoms with E-state index in [0.29, 0.717) is 33.7 Å². The van der Waals surface area contributed by atoms with Crippen LogP contribution in [0.25, 0.3) is 0 Å². The summed E-state index contributed by atoms with van der Waals surface area (Å²) >= 11 is 12.4. The van der Waals surface area contributed by atoms with Gasteiger partial charge in [0.15, 0.2) is 12.4 Å². The van der Waals surface area contributed by atoms with Crippen LogP contribution >= 0.6 is 23.2 Å². The Morgan fingerprint density at radius 1 is 1.22 bits per heavy atom. The monoisotopic (exact) mass is 350 g/mol. The van der Waals surface area contributed by atoms with E-state index in [1.165, 1.54) is 5.56 Å². The number of hydrogen-bond donors (Lipinski definition) is 0. The largest absolute Gasteiger partial charge is 0.480 e. The highest BCUT2D eigenvalue weighted by Gasteiger charge is 2.25. The van der Waals surface area contributed by atoms with Gasteiger partial charge >= 0.3 is 0 Å². The van der Waals surface area contributed by atoms with Crippen LogP contribution in [0.4, 0.5) is 5.69 Å². The van der Waals surface area contributed by atoms with Crippen LogP contribution in [0.15, 0.2) is 24.3 Å². The molecule has 6 heteroatoms. The van der Waals surface area contributed by atoms with E-state index in [1.54, 1.807) is 18.7 Å². The summed E-state index contributed by atoms with van der Waals surface area (Å²) in [7, 11) is 0. The number of para-hydroxylation sites is 1. The molecule has 3 rings (SSSR count). The molecule has 0 atom stereocenters. The van der Waals surface area contributed by atoms with Crippen molar-refractivity contribution >= 4 is 34.8 Å². The molecule has 2 heterocycles. The van der Waals surface area contributed by atoms with Crippen molar-refractivity contribution in [3.05, 3.63) is 51.3 Å². The van der Waals surface area contributed by atoms with Gasteiger partial charge in [0.05, 0.1) is 11.4 Å². The molecule has 0 bridgehead atoms. The van der Waals surface area contributed by atoms with Gasteiger partial charge in [-0.15, -0.1) is 0 Å². The van der Waals surface area contributed by atoms with Crippen molar-refractivity contribution in [1.29, 1.82) is 0 Å². The average Bonchev–Trinajstić information content (AvgIpc) is 2.97. The van der Waals surface area contributed by atoms with Crippen LogP contribution in [0.1, 0.15) is 17.0 Å². The maximum absolute atomic E-state index is 12.5. The summed E-state index contributed by atoms with van der Waals surface area (Å²) in [6, 6.07) is 7.88. The molecule has 0 N–H and O–H groups in total. The van der Waals surface area contributed by atoms with Crippen molar-refractivity contribution in [2.45, 2.75) is 20.3 Å². The van der Waals surface area contributed by atoms with Gasteiger partial charge in [-0.05, 0) is 31.9 Å². The van der Waals surface area contributed by atoms with Gasteiger partial charge in [0.25, 0.3) is 5.91 Å². The van der Waals surface area contributed by atoms with E-state index >= 15 is 0 Å². The van der Waals surface area contributed by atoms with E-state index in [9.17, 15) is 4.79 Å². The van der Waals surface area contributed by atoms with Crippen LogP contribution in [0.5, 0.6) is 5.75 Å². The Morgan fingerprint density at radius 2 is 1.87 bits per heavy atom. The highest BCUT2D eigenvalue weighted by Crippen LogP contribution is 2.36. The highest BCUT2D eigenvalue weighted by atomic mass is 35.5. The van der Waals surface area contributed by atoms with Gasteiger partial charge in [0.2, 0.25) is 0 Å². The minimum atomic E-state index is -0.116. The van der Waals surface area contributed by atoms with Crippen molar-refractivity contribution in [2.24, 2.45) is 0 Å². The number of carbonyl (C=O) groups is 1. The molecule has 1 amide bonds. The van der Waals surface area contributed by atoms with Gasteiger partial charge in [0.1, 0.15) is 10.0 Å². The number of aromatic nitrogens is 1. The molecule has 1 aromatic heterocycles. The number of fused-ring (bicyclic) bond motifs is 1. The fourth-order valence-corrected chi connectivity index (χ4v) is 3.14. The number of amides is 1. The van der Waals surface area contributed by atoms with Crippen molar-refractivity contribution in [1.82, 2.24) is 4.98 Å². The number of nitrogens with zero attached hydrogens (tertiary/aromatic N) is 2. The molecule has 1 aliphatic rings. The van der Waals surface area contributed by atoms with E-state index in [-0.39, 0.29) is 12.5 Å². The highest BCUT2D eigenvalue weighted by molar-refractivity contribution is 6.37. The molecular formula is C17H16Cl2N2O2. The maximum Gasteiger partial charge on any atom is 0.264 e. The Labute approximate surface area is 145 Å². The van der Waals surface area contributed by atoms with E-state index in [0.717, 1.165) is 12.1 Å². The van der Waals surface area contributed by atoms with E-state index in [4.69, 9.17) is 27.9 Å². The minimum Gasteiger partial charge on any atom is -0.480 e. The van der Waals surface area contributed by atoms with Gasteiger partial charge in [-0.2, -0.15) is 0 Å². The molecule has 1 aliphatic heterocycles. The van der Waals surface area contributed by atoms with Crippen LogP contribution in [-0.4, -0.2) is 24.0 Å². The summed E-state index contributed by atoms with van der Waals surface area (Å²) in [5.74, 6) is 0.202. The molecule has 0 radical (unpaired) electrons. The Hall–Kier alpha value is -1.78. The lowest BCUT2D eigenvalue weighted by atomic mass is 10.2. The lowest BCUT2D eigenvalue weighted by Crippen LogP contribution is -2.33. The molecule has 0 fully saturated rings. The Bertz CT molecular complexity index is 751. The Balaban J connectivity index is 1.76. The normalized spacial score (nSPS) is 13.1. The Morgan fingerprint density at radius 3 is 2.57 bits per heavy atom. The van der Waals surface area contributed by atoms with Gasteiger partial charge in [-0.25, -0.2) is 0 Å². The Kier molecular flexibility index (Phi) is 4.46. The summed E-state index contributed by atoms with van der Waals surface area (Å²) in [6.45, 7) is 4.10. The van der Waals surface area contributed by atoms with Crippen LogP contribution < -0.4 is 9.64 Å². The molecule has 23 heavy (non-hydrogen) atoms. The number of anilines is 1. The zero-order valence-corrected chi connectivity index (χ0v) is 14.4. The number of ether oxygens (including phenoxy) is 1. The predicted molar refractivity (Wildman–Crippen MR) is 91.7 cm³/mol. The SMILES string of the molecule is Cc1nc(C)c(Cl)c(OCC(=O)N2CCc3ccccc32)c1Cl. The molecule has 4 nitrogen and oxygen atoms in total. The van der Waals surface area contributed by atoms with Gasteiger partial charge in [-0.3, -0.25) is 9.78 Å². The number of carbonyl (C=O) groups excluding carboxylic acids is 1. The fourth-order valence-electron chi connectivity index (χ4n) is 2.71. The summed E-state index contributed by atoms with van der Waals surface area (Å²) in [5, 5.41) is 0.686. The second-order valence-electron chi connectivity index (χ2n) is 5.45. The summed E-state index contributed by atoms with van der Waals surface area (Å²) in [4.78, 5) is 18.4. The number of rotatable bonds is 3. The first-order valence-corrected chi connectivity index (χ1v) is 8.08. The molecule has 0 aliphatic carbocycles. The standard InChI is InChI=1S/C17H16Cl2N2O2/c1-10-15(18)17(16(19)11(2)20-10)23-9-14(22)21-8-7-12-5-3-4-6-13(12)21/h3-6H,7-9H2,1-2H3. The number of benzene rings is 1. The maximum atomic E-state index is 12.5. The van der Waals surface area contributed by atoms with E-state index < -0.39 is 0 Å². The van der Waals surface area contributed by atoms with Crippen molar-refractivity contribution in [3.63, 3.8) is 0 Å².